The van der Waals surface area contributed by atoms with E-state index in [4.69, 9.17) is 0 Å². The molecular formula is C18H20N2O2. The van der Waals surface area contributed by atoms with Crippen molar-refractivity contribution < 1.29 is 9.90 Å². The van der Waals surface area contributed by atoms with E-state index in [0.717, 1.165) is 25.9 Å². The minimum Gasteiger partial charge on any atom is -0.508 e. The molecule has 1 aliphatic rings. The zero-order chi connectivity index (χ0) is 15.4. The molecule has 3 rings (SSSR count). The second-order valence-electron chi connectivity index (χ2n) is 5.68. The molecule has 2 N–H and O–H groups in total. The summed E-state index contributed by atoms with van der Waals surface area (Å²) in [6.45, 7) is 2.13. The third-order valence-electron chi connectivity index (χ3n) is 3.95. The highest BCUT2D eigenvalue weighted by atomic mass is 16.3. The molecule has 1 heterocycles. The molecule has 1 aliphatic heterocycles. The number of anilines is 1. The predicted octanol–water partition coefficient (Wildman–Crippen LogP) is 2.78. The van der Waals surface area contributed by atoms with Crippen LogP contribution in [-0.4, -0.2) is 29.0 Å². The topological polar surface area (TPSA) is 52.6 Å². The fourth-order valence-corrected chi connectivity index (χ4v) is 2.85. The van der Waals surface area contributed by atoms with E-state index in [2.05, 4.69) is 34.5 Å². The van der Waals surface area contributed by atoms with Gasteiger partial charge in [-0.1, -0.05) is 24.3 Å². The lowest BCUT2D eigenvalue weighted by Gasteiger charge is -2.19. The van der Waals surface area contributed by atoms with Crippen molar-refractivity contribution >= 4 is 11.6 Å². The summed E-state index contributed by atoms with van der Waals surface area (Å²) in [5, 5.41) is 12.1. The van der Waals surface area contributed by atoms with Crippen molar-refractivity contribution in [2.24, 2.45) is 0 Å². The molecule has 4 nitrogen and oxygen atoms in total. The lowest BCUT2D eigenvalue weighted by molar-refractivity contribution is -0.117. The molecule has 2 aromatic carbocycles. The van der Waals surface area contributed by atoms with Crippen molar-refractivity contribution in [2.75, 3.05) is 18.4 Å². The maximum Gasteiger partial charge on any atom is 0.238 e. The van der Waals surface area contributed by atoms with Crippen molar-refractivity contribution in [3.05, 3.63) is 59.7 Å². The molecule has 0 radical (unpaired) electrons. The van der Waals surface area contributed by atoms with E-state index in [1.54, 1.807) is 24.3 Å². The standard InChI is InChI=1S/C18H20N2O2/c21-17-9-7-16(8-10-17)19-18(22)13-20-11-3-6-14-4-1-2-5-15(14)12-20/h1-2,4-5,7-10,21H,3,6,11-13H2,(H,19,22). The summed E-state index contributed by atoms with van der Waals surface area (Å²) in [6, 6.07) is 15.0. The van der Waals surface area contributed by atoms with Crippen molar-refractivity contribution in [1.29, 1.82) is 0 Å². The summed E-state index contributed by atoms with van der Waals surface area (Å²) in [5.74, 6) is 0.173. The lowest BCUT2D eigenvalue weighted by Crippen LogP contribution is -2.33. The van der Waals surface area contributed by atoms with Crippen LogP contribution < -0.4 is 5.32 Å². The molecule has 0 atom stereocenters. The lowest BCUT2D eigenvalue weighted by atomic mass is 10.0. The summed E-state index contributed by atoms with van der Waals surface area (Å²) in [5.41, 5.74) is 3.42. The average Bonchev–Trinajstić information content (AvgIpc) is 2.71. The van der Waals surface area contributed by atoms with Gasteiger partial charge in [-0.3, -0.25) is 9.69 Å². The van der Waals surface area contributed by atoms with Gasteiger partial charge in [0.05, 0.1) is 6.54 Å². The zero-order valence-corrected chi connectivity index (χ0v) is 12.5. The normalized spacial score (nSPS) is 14.9. The number of carbonyl (C=O) groups excluding carboxylic acids is 1. The van der Waals surface area contributed by atoms with Gasteiger partial charge < -0.3 is 10.4 Å². The van der Waals surface area contributed by atoms with Gasteiger partial charge in [-0.25, -0.2) is 0 Å². The first-order valence-electron chi connectivity index (χ1n) is 7.59. The molecule has 0 spiro atoms. The first-order chi connectivity index (χ1) is 10.7. The first-order valence-corrected chi connectivity index (χ1v) is 7.59. The number of nitrogens with zero attached hydrogens (tertiary/aromatic N) is 1. The molecule has 0 aliphatic carbocycles. The molecule has 1 amide bonds. The van der Waals surface area contributed by atoms with Crippen LogP contribution in [0.2, 0.25) is 0 Å². The van der Waals surface area contributed by atoms with E-state index in [1.807, 2.05) is 0 Å². The molecule has 0 aromatic heterocycles. The van der Waals surface area contributed by atoms with Crippen LogP contribution in [0.4, 0.5) is 5.69 Å². The Morgan fingerprint density at radius 3 is 2.59 bits per heavy atom. The summed E-state index contributed by atoms with van der Waals surface area (Å²) in [6.07, 6.45) is 2.15. The number of amides is 1. The van der Waals surface area contributed by atoms with Crippen LogP contribution in [-0.2, 0) is 17.8 Å². The Kier molecular flexibility index (Phi) is 4.39. The highest BCUT2D eigenvalue weighted by Gasteiger charge is 2.16. The molecule has 114 valence electrons. The van der Waals surface area contributed by atoms with Crippen molar-refractivity contribution in [2.45, 2.75) is 19.4 Å². The minimum absolute atomic E-state index is 0.0231. The monoisotopic (exact) mass is 296 g/mol. The highest BCUT2D eigenvalue weighted by Crippen LogP contribution is 2.18. The van der Waals surface area contributed by atoms with Crippen LogP contribution in [0, 0.1) is 0 Å². The maximum atomic E-state index is 12.2. The molecule has 0 saturated heterocycles. The van der Waals surface area contributed by atoms with Crippen molar-refractivity contribution in [3.8, 4) is 5.75 Å². The van der Waals surface area contributed by atoms with Gasteiger partial charge in [0.2, 0.25) is 5.91 Å². The Labute approximate surface area is 130 Å². The van der Waals surface area contributed by atoms with Gasteiger partial charge >= 0.3 is 0 Å². The fraction of sp³-hybridized carbons (Fsp3) is 0.278. The van der Waals surface area contributed by atoms with E-state index in [-0.39, 0.29) is 11.7 Å². The van der Waals surface area contributed by atoms with Crippen LogP contribution in [0.3, 0.4) is 0 Å². The van der Waals surface area contributed by atoms with Gasteiger partial charge in [0.1, 0.15) is 5.75 Å². The first kappa shape index (κ1) is 14.6. The highest BCUT2D eigenvalue weighted by molar-refractivity contribution is 5.92. The van der Waals surface area contributed by atoms with Crippen LogP contribution in [0.5, 0.6) is 5.75 Å². The minimum atomic E-state index is -0.0231. The van der Waals surface area contributed by atoms with Crippen LogP contribution >= 0.6 is 0 Å². The van der Waals surface area contributed by atoms with E-state index < -0.39 is 0 Å². The largest absolute Gasteiger partial charge is 0.508 e. The number of phenolic OH excluding ortho intramolecular Hbond substituents is 1. The summed E-state index contributed by atoms with van der Waals surface area (Å²) < 4.78 is 0. The second-order valence-corrected chi connectivity index (χ2v) is 5.68. The number of fused-ring (bicyclic) bond motifs is 1. The van der Waals surface area contributed by atoms with Gasteiger partial charge in [0, 0.05) is 12.2 Å². The number of aromatic hydroxyl groups is 1. The number of nitrogens with one attached hydrogen (secondary N) is 1. The fourth-order valence-electron chi connectivity index (χ4n) is 2.85. The van der Waals surface area contributed by atoms with Crippen LogP contribution in [0.25, 0.3) is 0 Å². The van der Waals surface area contributed by atoms with Crippen LogP contribution in [0.15, 0.2) is 48.5 Å². The Hall–Kier alpha value is -2.33. The second kappa shape index (κ2) is 6.62. The number of hydrogen-bond donors (Lipinski definition) is 2. The van der Waals surface area contributed by atoms with E-state index >= 15 is 0 Å². The molecular weight excluding hydrogens is 276 g/mol. The van der Waals surface area contributed by atoms with E-state index in [1.165, 1.54) is 11.1 Å². The molecule has 2 aromatic rings. The molecule has 0 fully saturated rings. The summed E-state index contributed by atoms with van der Waals surface area (Å²) in [4.78, 5) is 14.4. The third-order valence-corrected chi connectivity index (χ3v) is 3.95. The van der Waals surface area contributed by atoms with E-state index in [9.17, 15) is 9.90 Å². The van der Waals surface area contributed by atoms with Gasteiger partial charge in [0.25, 0.3) is 0 Å². The Bertz CT molecular complexity index is 652. The Morgan fingerprint density at radius 1 is 1.09 bits per heavy atom. The van der Waals surface area contributed by atoms with Crippen molar-refractivity contribution in [3.63, 3.8) is 0 Å². The maximum absolute atomic E-state index is 12.2. The Balaban J connectivity index is 1.61. The zero-order valence-electron chi connectivity index (χ0n) is 12.5. The number of aryl methyl sites for hydroxylation is 1. The smallest absolute Gasteiger partial charge is 0.238 e. The summed E-state index contributed by atoms with van der Waals surface area (Å²) >= 11 is 0. The number of hydrogen-bond acceptors (Lipinski definition) is 3. The molecule has 0 saturated carbocycles. The van der Waals surface area contributed by atoms with Gasteiger partial charge in [-0.15, -0.1) is 0 Å². The number of carbonyl (C=O) groups is 1. The van der Waals surface area contributed by atoms with Crippen LogP contribution in [0.1, 0.15) is 17.5 Å². The van der Waals surface area contributed by atoms with Crippen molar-refractivity contribution in [1.82, 2.24) is 4.90 Å². The molecule has 4 heteroatoms. The predicted molar refractivity (Wildman–Crippen MR) is 86.8 cm³/mol. The van der Waals surface area contributed by atoms with Gasteiger partial charge in [-0.05, 0) is 54.8 Å². The van der Waals surface area contributed by atoms with Gasteiger partial charge in [0.15, 0.2) is 0 Å². The Morgan fingerprint density at radius 2 is 1.82 bits per heavy atom. The molecule has 0 unspecified atom stereocenters. The summed E-state index contributed by atoms with van der Waals surface area (Å²) in [7, 11) is 0. The number of phenols is 1. The average molecular weight is 296 g/mol. The molecule has 0 bridgehead atoms. The number of rotatable bonds is 3. The van der Waals surface area contributed by atoms with Gasteiger partial charge in [-0.2, -0.15) is 0 Å². The number of benzene rings is 2. The quantitative estimate of drug-likeness (QED) is 0.856. The molecule has 22 heavy (non-hydrogen) atoms. The SMILES string of the molecule is O=C(CN1CCCc2ccccc2C1)Nc1ccc(O)cc1. The van der Waals surface area contributed by atoms with E-state index in [0.29, 0.717) is 12.2 Å². The third kappa shape index (κ3) is 3.65.